The molecule has 2 rings (SSSR count). The van der Waals surface area contributed by atoms with Gasteiger partial charge in [-0.2, -0.15) is 0 Å². The summed E-state index contributed by atoms with van der Waals surface area (Å²) in [5.41, 5.74) is 1.98. The molecule has 0 aliphatic carbocycles. The van der Waals surface area contributed by atoms with E-state index in [4.69, 9.17) is 4.74 Å². The van der Waals surface area contributed by atoms with Crippen LogP contribution in [0.25, 0.3) is 10.9 Å². The summed E-state index contributed by atoms with van der Waals surface area (Å²) in [6, 6.07) is 5.88. The number of aryl methyl sites for hydroxylation is 1. The summed E-state index contributed by atoms with van der Waals surface area (Å²) in [4.78, 5) is 9.05. The molecule has 0 amide bonds. The number of ether oxygens (including phenoxy) is 1. The van der Waals surface area contributed by atoms with E-state index in [1.807, 2.05) is 32.2 Å². The molecule has 2 aromatic rings. The van der Waals surface area contributed by atoms with Crippen molar-refractivity contribution in [1.82, 2.24) is 15.3 Å². The lowest BCUT2D eigenvalue weighted by molar-refractivity contribution is 0.415. The summed E-state index contributed by atoms with van der Waals surface area (Å²) in [5, 5.41) is 4.16. The fourth-order valence-electron chi connectivity index (χ4n) is 1.80. The van der Waals surface area contributed by atoms with Crippen molar-refractivity contribution in [2.24, 2.45) is 0 Å². The van der Waals surface area contributed by atoms with Gasteiger partial charge in [-0.3, -0.25) is 0 Å². The van der Waals surface area contributed by atoms with Crippen molar-refractivity contribution in [3.8, 4) is 5.75 Å². The summed E-state index contributed by atoms with van der Waals surface area (Å²) in [7, 11) is 3.59. The van der Waals surface area contributed by atoms with Crippen LogP contribution in [0.4, 0.5) is 0 Å². The third kappa shape index (κ3) is 2.53. The van der Waals surface area contributed by atoms with Gasteiger partial charge in [-0.15, -0.1) is 0 Å². The predicted octanol–water partition coefficient (Wildman–Crippen LogP) is 1.71. The first-order valence-corrected chi connectivity index (χ1v) is 5.70. The van der Waals surface area contributed by atoms with Gasteiger partial charge in [-0.05, 0) is 32.2 Å². The van der Waals surface area contributed by atoms with E-state index < -0.39 is 0 Å². The van der Waals surface area contributed by atoms with Crippen molar-refractivity contribution in [1.29, 1.82) is 0 Å². The molecule has 0 unspecified atom stereocenters. The minimum Gasteiger partial charge on any atom is -0.497 e. The van der Waals surface area contributed by atoms with Crippen molar-refractivity contribution in [2.45, 2.75) is 13.3 Å². The molecule has 0 atom stereocenters. The maximum Gasteiger partial charge on any atom is 0.130 e. The minimum absolute atomic E-state index is 0.840. The summed E-state index contributed by atoms with van der Waals surface area (Å²) >= 11 is 0. The van der Waals surface area contributed by atoms with Gasteiger partial charge in [0.2, 0.25) is 0 Å². The van der Waals surface area contributed by atoms with Gasteiger partial charge < -0.3 is 10.1 Å². The van der Waals surface area contributed by atoms with Gasteiger partial charge in [0.05, 0.1) is 12.6 Å². The van der Waals surface area contributed by atoms with Crippen LogP contribution in [-0.4, -0.2) is 30.7 Å². The van der Waals surface area contributed by atoms with Gasteiger partial charge in [0, 0.05) is 24.0 Å². The Labute approximate surface area is 101 Å². The minimum atomic E-state index is 0.840. The van der Waals surface area contributed by atoms with E-state index in [1.165, 1.54) is 0 Å². The smallest absolute Gasteiger partial charge is 0.130 e. The number of hydrogen-bond acceptors (Lipinski definition) is 4. The Bertz CT molecular complexity index is 525. The Morgan fingerprint density at radius 1 is 1.29 bits per heavy atom. The lowest BCUT2D eigenvalue weighted by atomic mass is 10.2. The molecule has 90 valence electrons. The fraction of sp³-hybridized carbons (Fsp3) is 0.385. The molecular formula is C13H17N3O. The Morgan fingerprint density at radius 3 is 2.82 bits per heavy atom. The van der Waals surface area contributed by atoms with Crippen molar-refractivity contribution >= 4 is 10.9 Å². The first kappa shape index (κ1) is 11.8. The maximum absolute atomic E-state index is 5.21. The molecule has 0 aliphatic rings. The van der Waals surface area contributed by atoms with Gasteiger partial charge in [0.25, 0.3) is 0 Å². The number of nitrogens with zero attached hydrogens (tertiary/aromatic N) is 2. The second-order valence-electron chi connectivity index (χ2n) is 3.96. The van der Waals surface area contributed by atoms with Crippen molar-refractivity contribution in [3.05, 3.63) is 29.7 Å². The molecule has 0 saturated carbocycles. The Hall–Kier alpha value is -1.68. The first-order chi connectivity index (χ1) is 8.24. The first-order valence-electron chi connectivity index (χ1n) is 5.70. The highest BCUT2D eigenvalue weighted by atomic mass is 16.5. The highest BCUT2D eigenvalue weighted by Gasteiger charge is 2.05. The number of fused-ring (bicyclic) bond motifs is 1. The molecule has 1 aromatic carbocycles. The molecule has 0 saturated heterocycles. The topological polar surface area (TPSA) is 47.0 Å². The number of methoxy groups -OCH3 is 1. The molecule has 4 heteroatoms. The molecule has 0 radical (unpaired) electrons. The average Bonchev–Trinajstić information content (AvgIpc) is 2.36. The molecule has 4 nitrogen and oxygen atoms in total. The second kappa shape index (κ2) is 5.10. The average molecular weight is 231 g/mol. The van der Waals surface area contributed by atoms with Crippen LogP contribution in [0.15, 0.2) is 18.2 Å². The van der Waals surface area contributed by atoms with Gasteiger partial charge >= 0.3 is 0 Å². The quantitative estimate of drug-likeness (QED) is 0.870. The van der Waals surface area contributed by atoms with Gasteiger partial charge in [0.15, 0.2) is 0 Å². The zero-order valence-corrected chi connectivity index (χ0v) is 10.4. The number of aromatic nitrogens is 2. The van der Waals surface area contributed by atoms with E-state index in [2.05, 4.69) is 15.3 Å². The summed E-state index contributed by atoms with van der Waals surface area (Å²) in [5.74, 6) is 1.72. The van der Waals surface area contributed by atoms with Gasteiger partial charge in [-0.1, -0.05) is 0 Å². The van der Waals surface area contributed by atoms with Crippen LogP contribution in [-0.2, 0) is 6.42 Å². The second-order valence-corrected chi connectivity index (χ2v) is 3.96. The lowest BCUT2D eigenvalue weighted by Crippen LogP contribution is -2.12. The lowest BCUT2D eigenvalue weighted by Gasteiger charge is -2.07. The number of benzene rings is 1. The molecule has 1 heterocycles. The van der Waals surface area contributed by atoms with Gasteiger partial charge in [-0.25, -0.2) is 9.97 Å². The number of likely N-dealkylation sites (N-methyl/N-ethyl adjacent to an activating group) is 1. The largest absolute Gasteiger partial charge is 0.497 e. The standard InChI is InChI=1S/C13H17N3O/c1-9-11-8-10(17-3)4-5-12(11)16-13(15-9)6-7-14-2/h4-5,8,14H,6-7H2,1-3H3. The Balaban J connectivity index is 2.44. The van der Waals surface area contributed by atoms with Crippen LogP contribution in [0, 0.1) is 6.92 Å². The predicted molar refractivity (Wildman–Crippen MR) is 68.5 cm³/mol. The number of hydrogen-bond donors (Lipinski definition) is 1. The molecule has 0 aliphatic heterocycles. The third-order valence-corrected chi connectivity index (χ3v) is 2.74. The molecule has 0 spiro atoms. The highest BCUT2D eigenvalue weighted by Crippen LogP contribution is 2.21. The Morgan fingerprint density at radius 2 is 2.12 bits per heavy atom. The molecule has 1 N–H and O–H groups in total. The summed E-state index contributed by atoms with van der Waals surface area (Å²) in [6.45, 7) is 2.90. The van der Waals surface area contributed by atoms with E-state index in [0.717, 1.165) is 41.1 Å². The molecule has 0 bridgehead atoms. The summed E-state index contributed by atoms with van der Waals surface area (Å²) in [6.07, 6.45) is 0.847. The highest BCUT2D eigenvalue weighted by molar-refractivity contribution is 5.82. The van der Waals surface area contributed by atoms with E-state index in [9.17, 15) is 0 Å². The molecule has 0 fully saturated rings. The SMILES string of the molecule is CNCCc1nc(C)c2cc(OC)ccc2n1. The zero-order valence-electron chi connectivity index (χ0n) is 10.4. The summed E-state index contributed by atoms with van der Waals surface area (Å²) < 4.78 is 5.21. The monoisotopic (exact) mass is 231 g/mol. The van der Waals surface area contributed by atoms with E-state index in [0.29, 0.717) is 0 Å². The van der Waals surface area contributed by atoms with Crippen LogP contribution in [0.3, 0.4) is 0 Å². The van der Waals surface area contributed by atoms with Crippen molar-refractivity contribution in [3.63, 3.8) is 0 Å². The molecular weight excluding hydrogens is 214 g/mol. The van der Waals surface area contributed by atoms with Crippen LogP contribution >= 0.6 is 0 Å². The normalized spacial score (nSPS) is 10.8. The van der Waals surface area contributed by atoms with Crippen LogP contribution in [0.2, 0.25) is 0 Å². The molecule has 1 aromatic heterocycles. The van der Waals surface area contributed by atoms with Crippen molar-refractivity contribution in [2.75, 3.05) is 20.7 Å². The Kier molecular flexibility index (Phi) is 3.54. The van der Waals surface area contributed by atoms with Crippen LogP contribution < -0.4 is 10.1 Å². The number of nitrogens with one attached hydrogen (secondary N) is 1. The third-order valence-electron chi connectivity index (χ3n) is 2.74. The van der Waals surface area contributed by atoms with Crippen LogP contribution in [0.5, 0.6) is 5.75 Å². The van der Waals surface area contributed by atoms with E-state index in [1.54, 1.807) is 7.11 Å². The maximum atomic E-state index is 5.21. The van der Waals surface area contributed by atoms with Crippen LogP contribution in [0.1, 0.15) is 11.5 Å². The van der Waals surface area contributed by atoms with E-state index in [-0.39, 0.29) is 0 Å². The molecule has 17 heavy (non-hydrogen) atoms. The number of rotatable bonds is 4. The van der Waals surface area contributed by atoms with Gasteiger partial charge in [0.1, 0.15) is 11.6 Å². The van der Waals surface area contributed by atoms with E-state index >= 15 is 0 Å². The van der Waals surface area contributed by atoms with Crippen molar-refractivity contribution < 1.29 is 4.74 Å². The fourth-order valence-corrected chi connectivity index (χ4v) is 1.80. The zero-order chi connectivity index (χ0) is 12.3.